The summed E-state index contributed by atoms with van der Waals surface area (Å²) in [6, 6.07) is 9.64. The molecule has 0 radical (unpaired) electrons. The average Bonchev–Trinajstić information content (AvgIpc) is 2.58. The minimum Gasteiger partial charge on any atom is -0.382 e. The highest BCUT2D eigenvalue weighted by Gasteiger charge is 2.23. The molecule has 1 aliphatic rings. The van der Waals surface area contributed by atoms with E-state index in [1.807, 2.05) is 0 Å². The number of nitrogens with zero attached hydrogens (tertiary/aromatic N) is 2. The maximum atomic E-state index is 13.4. The second-order valence-electron chi connectivity index (χ2n) is 5.87. The first-order valence-corrected chi connectivity index (χ1v) is 7.81. The van der Waals surface area contributed by atoms with Gasteiger partial charge in [0.05, 0.1) is 30.5 Å². The van der Waals surface area contributed by atoms with E-state index in [0.29, 0.717) is 40.9 Å². The topological polar surface area (TPSA) is 90.1 Å². The van der Waals surface area contributed by atoms with Crippen LogP contribution in [-0.4, -0.2) is 35.1 Å². The van der Waals surface area contributed by atoms with E-state index in [0.717, 1.165) is 0 Å². The zero-order chi connectivity index (χ0) is 17.4. The molecule has 1 aliphatic heterocycles. The SMILES string of the molecule is Nc1ncc(C(=O)NC2COC2)c2ccc(-c3cccc(F)c3)nc12. The largest absolute Gasteiger partial charge is 0.382 e. The second-order valence-corrected chi connectivity index (χ2v) is 5.87. The molecule has 0 aliphatic carbocycles. The lowest BCUT2D eigenvalue weighted by atomic mass is 10.1. The van der Waals surface area contributed by atoms with Gasteiger partial charge in [-0.05, 0) is 24.3 Å². The summed E-state index contributed by atoms with van der Waals surface area (Å²) in [6.07, 6.45) is 1.44. The molecule has 3 heterocycles. The first-order chi connectivity index (χ1) is 12.1. The van der Waals surface area contributed by atoms with Gasteiger partial charge in [-0.2, -0.15) is 0 Å². The fraction of sp³-hybridized carbons (Fsp3) is 0.167. The van der Waals surface area contributed by atoms with Gasteiger partial charge in [0.25, 0.3) is 5.91 Å². The number of ether oxygens (including phenoxy) is 1. The first-order valence-electron chi connectivity index (χ1n) is 7.81. The molecule has 2 aromatic heterocycles. The number of hydrogen-bond acceptors (Lipinski definition) is 5. The Kier molecular flexibility index (Phi) is 3.77. The number of nitrogens with two attached hydrogens (primary N) is 1. The molecule has 3 N–H and O–H groups in total. The summed E-state index contributed by atoms with van der Waals surface area (Å²) in [5.41, 5.74) is 7.94. The molecule has 0 saturated carbocycles. The number of pyridine rings is 2. The fourth-order valence-corrected chi connectivity index (χ4v) is 2.71. The molecule has 4 rings (SSSR count). The number of benzene rings is 1. The molecule has 1 saturated heterocycles. The number of hydrogen-bond donors (Lipinski definition) is 2. The van der Waals surface area contributed by atoms with Crippen LogP contribution in [0.3, 0.4) is 0 Å². The monoisotopic (exact) mass is 338 g/mol. The molecule has 1 fully saturated rings. The lowest BCUT2D eigenvalue weighted by Crippen LogP contribution is -2.48. The summed E-state index contributed by atoms with van der Waals surface area (Å²) in [5, 5.41) is 3.48. The number of carbonyl (C=O) groups is 1. The number of halogens is 1. The van der Waals surface area contributed by atoms with Crippen LogP contribution < -0.4 is 11.1 Å². The Bertz CT molecular complexity index is 972. The Morgan fingerprint density at radius 2 is 2.12 bits per heavy atom. The third-order valence-electron chi connectivity index (χ3n) is 4.10. The number of carbonyl (C=O) groups excluding carboxylic acids is 1. The number of aromatic nitrogens is 2. The van der Waals surface area contributed by atoms with Gasteiger partial charge in [0.15, 0.2) is 0 Å². The van der Waals surface area contributed by atoms with Gasteiger partial charge in [-0.15, -0.1) is 0 Å². The van der Waals surface area contributed by atoms with Crippen molar-refractivity contribution in [3.05, 3.63) is 54.0 Å². The van der Waals surface area contributed by atoms with Crippen LogP contribution in [0.5, 0.6) is 0 Å². The predicted octanol–water partition coefficient (Wildman–Crippen LogP) is 2.15. The standard InChI is InChI=1S/C18H15FN4O2/c19-11-3-1-2-10(6-11)15-5-4-13-14(7-21-17(20)16(13)23-15)18(24)22-12-8-25-9-12/h1-7,12H,8-9H2,(H2,20,21)(H,22,24). The summed E-state index contributed by atoms with van der Waals surface area (Å²) in [6.45, 7) is 1.02. The Morgan fingerprint density at radius 3 is 2.84 bits per heavy atom. The minimum absolute atomic E-state index is 0.0135. The molecule has 0 unspecified atom stereocenters. The van der Waals surface area contributed by atoms with Gasteiger partial charge in [0, 0.05) is 17.1 Å². The molecular formula is C18H15FN4O2. The van der Waals surface area contributed by atoms with Gasteiger partial charge in [0.2, 0.25) is 0 Å². The number of rotatable bonds is 3. The zero-order valence-corrected chi connectivity index (χ0v) is 13.2. The van der Waals surface area contributed by atoms with Crippen molar-refractivity contribution >= 4 is 22.6 Å². The van der Waals surface area contributed by atoms with Gasteiger partial charge in [-0.1, -0.05) is 12.1 Å². The van der Waals surface area contributed by atoms with Crippen LogP contribution in [0.2, 0.25) is 0 Å². The summed E-state index contributed by atoms with van der Waals surface area (Å²) in [5.74, 6) is -0.371. The van der Waals surface area contributed by atoms with Crippen molar-refractivity contribution in [2.45, 2.75) is 6.04 Å². The van der Waals surface area contributed by atoms with Crippen LogP contribution in [0.4, 0.5) is 10.2 Å². The van der Waals surface area contributed by atoms with Crippen molar-refractivity contribution in [3.63, 3.8) is 0 Å². The molecule has 0 bridgehead atoms. The highest BCUT2D eigenvalue weighted by Crippen LogP contribution is 2.26. The van der Waals surface area contributed by atoms with E-state index in [1.54, 1.807) is 24.3 Å². The van der Waals surface area contributed by atoms with Crippen molar-refractivity contribution in [3.8, 4) is 11.3 Å². The molecule has 7 heteroatoms. The zero-order valence-electron chi connectivity index (χ0n) is 13.2. The third-order valence-corrected chi connectivity index (χ3v) is 4.10. The summed E-state index contributed by atoms with van der Waals surface area (Å²) >= 11 is 0. The molecule has 0 atom stereocenters. The average molecular weight is 338 g/mol. The maximum absolute atomic E-state index is 13.4. The Balaban J connectivity index is 1.77. The minimum atomic E-state index is -0.346. The highest BCUT2D eigenvalue weighted by atomic mass is 19.1. The van der Waals surface area contributed by atoms with Gasteiger partial charge >= 0.3 is 0 Å². The molecule has 25 heavy (non-hydrogen) atoms. The van der Waals surface area contributed by atoms with Crippen LogP contribution in [0.15, 0.2) is 42.6 Å². The molecular weight excluding hydrogens is 323 g/mol. The van der Waals surface area contributed by atoms with Crippen LogP contribution in [-0.2, 0) is 4.74 Å². The number of nitrogen functional groups attached to an aromatic ring is 1. The van der Waals surface area contributed by atoms with E-state index in [2.05, 4.69) is 15.3 Å². The normalized spacial score (nSPS) is 14.3. The van der Waals surface area contributed by atoms with Crippen molar-refractivity contribution in [1.82, 2.24) is 15.3 Å². The Hall–Kier alpha value is -3.06. The molecule has 0 spiro atoms. The lowest BCUT2D eigenvalue weighted by Gasteiger charge is -2.26. The van der Waals surface area contributed by atoms with Crippen molar-refractivity contribution in [1.29, 1.82) is 0 Å². The second kappa shape index (κ2) is 6.10. The van der Waals surface area contributed by atoms with Crippen LogP contribution in [0.25, 0.3) is 22.2 Å². The highest BCUT2D eigenvalue weighted by molar-refractivity contribution is 6.08. The predicted molar refractivity (Wildman–Crippen MR) is 91.4 cm³/mol. The van der Waals surface area contributed by atoms with E-state index in [4.69, 9.17) is 10.5 Å². The maximum Gasteiger partial charge on any atom is 0.253 e. The number of amides is 1. The summed E-state index contributed by atoms with van der Waals surface area (Å²) in [7, 11) is 0. The van der Waals surface area contributed by atoms with Gasteiger partial charge in [-0.25, -0.2) is 14.4 Å². The summed E-state index contributed by atoms with van der Waals surface area (Å²) < 4.78 is 18.5. The van der Waals surface area contributed by atoms with E-state index in [1.165, 1.54) is 18.3 Å². The molecule has 1 aromatic carbocycles. The first kappa shape index (κ1) is 15.5. The van der Waals surface area contributed by atoms with E-state index in [9.17, 15) is 9.18 Å². The van der Waals surface area contributed by atoms with Crippen LogP contribution >= 0.6 is 0 Å². The number of fused-ring (bicyclic) bond motifs is 1. The number of anilines is 1. The quantitative estimate of drug-likeness (QED) is 0.764. The Morgan fingerprint density at radius 1 is 1.28 bits per heavy atom. The van der Waals surface area contributed by atoms with Gasteiger partial charge < -0.3 is 15.8 Å². The van der Waals surface area contributed by atoms with Crippen molar-refractivity contribution in [2.24, 2.45) is 0 Å². The van der Waals surface area contributed by atoms with E-state index in [-0.39, 0.29) is 23.6 Å². The van der Waals surface area contributed by atoms with Gasteiger partial charge in [-0.3, -0.25) is 4.79 Å². The van der Waals surface area contributed by atoms with Crippen molar-refractivity contribution < 1.29 is 13.9 Å². The Labute approximate surface area is 142 Å². The van der Waals surface area contributed by atoms with Crippen LogP contribution in [0.1, 0.15) is 10.4 Å². The molecule has 6 nitrogen and oxygen atoms in total. The van der Waals surface area contributed by atoms with Crippen LogP contribution in [0, 0.1) is 5.82 Å². The third kappa shape index (κ3) is 2.89. The smallest absolute Gasteiger partial charge is 0.253 e. The molecule has 126 valence electrons. The lowest BCUT2D eigenvalue weighted by molar-refractivity contribution is -0.00343. The van der Waals surface area contributed by atoms with E-state index < -0.39 is 0 Å². The number of nitrogens with one attached hydrogen (secondary N) is 1. The van der Waals surface area contributed by atoms with Gasteiger partial charge in [0.1, 0.15) is 17.2 Å². The van der Waals surface area contributed by atoms with Crippen molar-refractivity contribution in [2.75, 3.05) is 18.9 Å². The fourth-order valence-electron chi connectivity index (χ4n) is 2.71. The summed E-state index contributed by atoms with van der Waals surface area (Å²) in [4.78, 5) is 21.0. The van der Waals surface area contributed by atoms with E-state index >= 15 is 0 Å². The molecule has 1 amide bonds. The molecule has 3 aromatic rings.